The number of nitrogens with two attached hydrogens (primary N) is 1. The Kier molecular flexibility index (Phi) is 23.3. The molecule has 0 aliphatic heterocycles. The number of sulfonamides is 1. The summed E-state index contributed by atoms with van der Waals surface area (Å²) in [5.41, 5.74) is 11.1. The van der Waals surface area contributed by atoms with E-state index in [1.807, 2.05) is 119 Å². The molecule has 21 heteroatoms. The molecular weight excluding hydrogens is 1460 g/mol. The van der Waals surface area contributed by atoms with E-state index in [0.29, 0.717) is 35.6 Å². The number of amides is 3. The van der Waals surface area contributed by atoms with Gasteiger partial charge in [0.25, 0.3) is 23.4 Å². The lowest BCUT2D eigenvalue weighted by Crippen LogP contribution is -2.24. The number of nitro groups is 1. The van der Waals surface area contributed by atoms with Crippen LogP contribution in [0.1, 0.15) is 64.5 Å². The number of hydrogen-bond donors (Lipinski definition) is 7. The predicted octanol–water partition coefficient (Wildman–Crippen LogP) is 14.6. The van der Waals surface area contributed by atoms with E-state index in [1.54, 1.807) is 12.1 Å². The number of rotatable bonds is 17. The predicted molar refractivity (Wildman–Crippen MR) is 349 cm³/mol. The number of nitrogens with zero attached hydrogens (tertiary/aromatic N) is 1. The number of nitro benzene ring substituents is 1. The van der Waals surface area contributed by atoms with Crippen molar-refractivity contribution >= 4 is 151 Å². The fourth-order valence-electron chi connectivity index (χ4n) is 7.74. The first-order valence-electron chi connectivity index (χ1n) is 24.6. The summed E-state index contributed by atoms with van der Waals surface area (Å²) in [4.78, 5) is 48.5. The zero-order valence-electron chi connectivity index (χ0n) is 44.1. The first-order valence-corrected chi connectivity index (χ1v) is 30.1. The zero-order valence-corrected chi connectivity index (χ0v) is 53.0. The van der Waals surface area contributed by atoms with Crippen LogP contribution in [0.3, 0.4) is 0 Å². The highest BCUT2D eigenvalue weighted by atomic mass is 127. The van der Waals surface area contributed by atoms with E-state index in [1.165, 1.54) is 58.2 Å². The summed E-state index contributed by atoms with van der Waals surface area (Å²) in [6, 6.07) is 45.4. The number of nitrogens with one attached hydrogen (secondary N) is 6. The molecule has 8 N–H and O–H groups in total. The number of hydrogen-bond acceptors (Lipinski definition) is 10. The van der Waals surface area contributed by atoms with Gasteiger partial charge in [-0.3, -0.25) is 24.5 Å². The van der Waals surface area contributed by atoms with Crippen molar-refractivity contribution in [3.8, 4) is 0 Å². The van der Waals surface area contributed by atoms with Gasteiger partial charge < -0.3 is 31.9 Å². The van der Waals surface area contributed by atoms with Gasteiger partial charge in [0.05, 0.1) is 43.6 Å². The number of anilines is 6. The first kappa shape index (κ1) is 63.4. The molecule has 0 heterocycles. The van der Waals surface area contributed by atoms with Gasteiger partial charge in [0.15, 0.2) is 0 Å². The number of carbonyl (C=O) groups is 3. The van der Waals surface area contributed by atoms with Crippen LogP contribution in [0.2, 0.25) is 0 Å². The molecule has 0 aliphatic carbocycles. The van der Waals surface area contributed by atoms with Crippen molar-refractivity contribution in [3.63, 3.8) is 0 Å². The second-order valence-corrected chi connectivity index (χ2v) is 24.4. The Bertz CT molecular complexity index is 3760. The third kappa shape index (κ3) is 19.2. The van der Waals surface area contributed by atoms with Crippen LogP contribution in [-0.4, -0.2) is 37.6 Å². The summed E-state index contributed by atoms with van der Waals surface area (Å²) < 4.78 is 40.7. The van der Waals surface area contributed by atoms with Crippen LogP contribution >= 0.6 is 83.7 Å². The molecule has 0 aliphatic rings. The number of aryl methyl sites for hydroxylation is 4. The third-order valence-corrected chi connectivity index (χ3v) is 15.4. The van der Waals surface area contributed by atoms with Crippen molar-refractivity contribution in [1.29, 1.82) is 0 Å². The molecule has 0 saturated carbocycles. The van der Waals surface area contributed by atoms with Crippen LogP contribution in [0, 0.1) is 54.3 Å². The third-order valence-electron chi connectivity index (χ3n) is 11.9. The molecule has 8 aromatic carbocycles. The van der Waals surface area contributed by atoms with Gasteiger partial charge in [-0.1, -0.05) is 64.0 Å². The molecule has 8 aromatic rings. The molecule has 0 aromatic heterocycles. The Balaban J connectivity index is 0.000000199. The smallest absolute Gasteiger partial charge is 0.270 e. The van der Waals surface area contributed by atoms with Crippen molar-refractivity contribution in [2.75, 3.05) is 22.5 Å². The van der Waals surface area contributed by atoms with Crippen molar-refractivity contribution in [2.24, 2.45) is 5.14 Å². The molecule has 0 atom stereocenters. The molecule has 3 amide bonds. The molecule has 0 unspecified atom stereocenters. The average molecular weight is 1510 g/mol. The second kappa shape index (κ2) is 29.8. The number of carbonyl (C=O) groups excluding carboxylic acids is 3. The van der Waals surface area contributed by atoms with Gasteiger partial charge in [0.2, 0.25) is 10.0 Å². The molecular formula is C60H55BrFI3N8O7S. The van der Waals surface area contributed by atoms with Crippen molar-refractivity contribution in [3.05, 3.63) is 252 Å². The quantitative estimate of drug-likeness (QED) is 0.0197. The van der Waals surface area contributed by atoms with Crippen molar-refractivity contribution in [2.45, 2.75) is 45.7 Å². The largest absolute Gasteiger partial charge is 0.355 e. The van der Waals surface area contributed by atoms with E-state index in [4.69, 9.17) is 5.14 Å². The summed E-state index contributed by atoms with van der Waals surface area (Å²) in [6.07, 6.45) is 1.66. The molecule has 0 fully saturated rings. The summed E-state index contributed by atoms with van der Waals surface area (Å²) in [5, 5.41) is 34.5. The summed E-state index contributed by atoms with van der Waals surface area (Å²) in [5.74, 6) is -1.41. The monoisotopic (exact) mass is 1510 g/mol. The lowest BCUT2D eigenvalue weighted by molar-refractivity contribution is -0.384. The van der Waals surface area contributed by atoms with Gasteiger partial charge in [-0.25, -0.2) is 17.9 Å². The van der Waals surface area contributed by atoms with Crippen molar-refractivity contribution < 1.29 is 32.1 Å². The molecule has 418 valence electrons. The molecule has 0 radical (unpaired) electrons. The minimum Gasteiger partial charge on any atom is -0.355 e. The molecule has 0 bridgehead atoms. The Morgan fingerprint density at radius 2 is 1.02 bits per heavy atom. The van der Waals surface area contributed by atoms with E-state index in [9.17, 15) is 37.3 Å². The normalized spacial score (nSPS) is 10.6. The number of non-ortho nitro benzene ring substituents is 1. The first-order chi connectivity index (χ1) is 38.5. The number of halogens is 5. The number of benzene rings is 8. The van der Waals surface area contributed by atoms with Gasteiger partial charge >= 0.3 is 0 Å². The maximum atomic E-state index is 13.8. The maximum absolute atomic E-state index is 13.8. The van der Waals surface area contributed by atoms with Gasteiger partial charge in [0, 0.05) is 64.0 Å². The minimum absolute atomic E-state index is 0.0364. The Morgan fingerprint density at radius 1 is 0.580 bits per heavy atom. The topological polar surface area (TPSA) is 227 Å². The molecule has 8 rings (SSSR count). The fourth-order valence-corrected chi connectivity index (χ4v) is 10.6. The molecule has 15 nitrogen and oxygen atoms in total. The van der Waals surface area contributed by atoms with E-state index in [-0.39, 0.29) is 40.1 Å². The molecule has 0 saturated heterocycles. The highest BCUT2D eigenvalue weighted by molar-refractivity contribution is 14.1. The van der Waals surface area contributed by atoms with E-state index in [2.05, 4.69) is 128 Å². The summed E-state index contributed by atoms with van der Waals surface area (Å²) in [7, 11) is -3.81. The maximum Gasteiger partial charge on any atom is 0.270 e. The van der Waals surface area contributed by atoms with Crippen LogP contribution in [0.15, 0.2) is 180 Å². The SMILES string of the molecule is C=CCNC(=O)c1cc(Br)ccc1Nc1ccc(I)cc1C.Cc1cc(I)ccc1Nc1ccc([N+](=O)[O-])cc1C(=O)NCc1ccc(S(N)(=O)=O)cc1.Cc1cccc(CNC(=O)c2cc(F)ccc2Nc2ccc(I)cc2C)c1. The zero-order chi connectivity index (χ0) is 59.0. The Morgan fingerprint density at radius 3 is 1.49 bits per heavy atom. The van der Waals surface area contributed by atoms with Crippen LogP contribution in [-0.2, 0) is 23.1 Å². The van der Waals surface area contributed by atoms with Crippen LogP contribution < -0.4 is 37.0 Å². The fraction of sp³-hybridized carbons (Fsp3) is 0.117. The van der Waals surface area contributed by atoms with E-state index < -0.39 is 26.7 Å². The molecule has 0 spiro atoms. The molecule has 81 heavy (non-hydrogen) atoms. The minimum atomic E-state index is -3.81. The van der Waals surface area contributed by atoms with Crippen LogP contribution in [0.5, 0.6) is 0 Å². The van der Waals surface area contributed by atoms with E-state index in [0.717, 1.165) is 62.2 Å². The van der Waals surface area contributed by atoms with Crippen LogP contribution in [0.25, 0.3) is 0 Å². The highest BCUT2D eigenvalue weighted by Gasteiger charge is 2.19. The van der Waals surface area contributed by atoms with Crippen molar-refractivity contribution in [1.82, 2.24) is 16.0 Å². The Hall–Kier alpha value is -6.78. The van der Waals surface area contributed by atoms with Gasteiger partial charge in [0.1, 0.15) is 5.82 Å². The highest BCUT2D eigenvalue weighted by Crippen LogP contribution is 2.31. The van der Waals surface area contributed by atoms with Gasteiger partial charge in [-0.05, 0) is 232 Å². The van der Waals surface area contributed by atoms with Gasteiger partial charge in [-0.15, -0.1) is 6.58 Å². The Labute approximate surface area is 519 Å². The lowest BCUT2D eigenvalue weighted by Gasteiger charge is -2.14. The van der Waals surface area contributed by atoms with Crippen LogP contribution in [0.4, 0.5) is 44.2 Å². The average Bonchev–Trinajstić information content (AvgIpc) is 3.42. The van der Waals surface area contributed by atoms with E-state index >= 15 is 0 Å². The standard InChI is InChI=1S/C22H20FIN2O.C21H19IN4O5S.C17H16BrIN2O/c1-14-4-3-5-16(10-14)13-25-22(27)19-12-17(23)6-8-21(19)26-20-9-7-18(24)11-15(20)2;1-13-10-15(22)4-8-19(13)25-20-9-5-16(26(28)29)11-18(20)21(27)24-12-14-2-6-17(7-3-14)32(23,30)31;1-3-8-20-17(22)14-10-12(18)4-6-16(14)21-15-7-5-13(19)9-11(15)2/h3-12,26H,13H2,1-2H3,(H,25,27);2-11,25H,12H2,1H3,(H,24,27)(H2,23,30,31);3-7,9-10,21H,1,8H2,2H3,(H,20,22). The summed E-state index contributed by atoms with van der Waals surface area (Å²) in [6.45, 7) is 12.5. The lowest BCUT2D eigenvalue weighted by atomic mass is 10.1. The summed E-state index contributed by atoms with van der Waals surface area (Å²) >= 11 is 10.1. The van der Waals surface area contributed by atoms with Gasteiger partial charge in [-0.2, -0.15) is 0 Å². The second-order valence-electron chi connectivity index (χ2n) is 18.2. The number of primary sulfonamides is 1.